The molecule has 94 valence electrons. The van der Waals surface area contributed by atoms with Crippen molar-refractivity contribution in [3.8, 4) is 0 Å². The Kier molecular flexibility index (Phi) is 4.29. The van der Waals surface area contributed by atoms with Gasteiger partial charge in [-0.3, -0.25) is 4.79 Å². The third kappa shape index (κ3) is 5.00. The minimum atomic E-state index is -0.865. The van der Waals surface area contributed by atoms with E-state index in [2.05, 4.69) is 20.8 Å². The third-order valence-corrected chi connectivity index (χ3v) is 2.54. The van der Waals surface area contributed by atoms with Gasteiger partial charge in [-0.2, -0.15) is 0 Å². The molecular weight excluding hydrogens is 214 g/mol. The van der Waals surface area contributed by atoms with E-state index in [1.165, 1.54) is 5.56 Å². The highest BCUT2D eigenvalue weighted by Gasteiger charge is 2.13. The van der Waals surface area contributed by atoms with Crippen molar-refractivity contribution >= 4 is 5.97 Å². The zero-order valence-electron chi connectivity index (χ0n) is 10.7. The van der Waals surface area contributed by atoms with Crippen LogP contribution in [-0.4, -0.2) is 11.1 Å². The molecule has 1 atom stereocenters. The van der Waals surface area contributed by atoms with Crippen molar-refractivity contribution in [2.75, 3.05) is 0 Å². The average Bonchev–Trinajstić information content (AvgIpc) is 2.15. The SMILES string of the molecule is CC(C)(C)Cc1ccc(C(N)CC(=O)O)cc1. The van der Waals surface area contributed by atoms with E-state index in [4.69, 9.17) is 10.8 Å². The molecule has 3 N–H and O–H groups in total. The quantitative estimate of drug-likeness (QED) is 0.843. The third-order valence-electron chi connectivity index (χ3n) is 2.54. The summed E-state index contributed by atoms with van der Waals surface area (Å²) in [5.41, 5.74) is 8.18. The van der Waals surface area contributed by atoms with Gasteiger partial charge in [0.2, 0.25) is 0 Å². The molecule has 3 nitrogen and oxygen atoms in total. The second-order valence-electron chi connectivity index (χ2n) is 5.68. The van der Waals surface area contributed by atoms with Gasteiger partial charge in [-0.1, -0.05) is 45.0 Å². The van der Waals surface area contributed by atoms with Crippen molar-refractivity contribution in [2.24, 2.45) is 11.1 Å². The van der Waals surface area contributed by atoms with Crippen LogP contribution in [0.2, 0.25) is 0 Å². The zero-order chi connectivity index (χ0) is 13.1. The van der Waals surface area contributed by atoms with Crippen molar-refractivity contribution < 1.29 is 9.90 Å². The lowest BCUT2D eigenvalue weighted by Gasteiger charge is -2.18. The molecule has 1 unspecified atom stereocenters. The molecule has 0 saturated carbocycles. The first kappa shape index (κ1) is 13.7. The molecule has 0 amide bonds. The van der Waals surface area contributed by atoms with E-state index in [9.17, 15) is 4.79 Å². The Balaban J connectivity index is 2.71. The first-order valence-corrected chi connectivity index (χ1v) is 5.84. The number of benzene rings is 1. The molecule has 0 fully saturated rings. The Morgan fingerprint density at radius 2 is 1.82 bits per heavy atom. The number of carboxylic acids is 1. The second kappa shape index (κ2) is 5.32. The lowest BCUT2D eigenvalue weighted by atomic mass is 9.87. The lowest BCUT2D eigenvalue weighted by Crippen LogP contribution is -2.15. The molecule has 0 aromatic heterocycles. The number of nitrogens with two attached hydrogens (primary N) is 1. The molecule has 1 aromatic carbocycles. The number of hydrogen-bond acceptors (Lipinski definition) is 2. The van der Waals surface area contributed by atoms with Gasteiger partial charge < -0.3 is 10.8 Å². The van der Waals surface area contributed by atoms with Gasteiger partial charge in [-0.05, 0) is 23.0 Å². The van der Waals surface area contributed by atoms with E-state index in [0.29, 0.717) is 0 Å². The van der Waals surface area contributed by atoms with E-state index in [0.717, 1.165) is 12.0 Å². The zero-order valence-corrected chi connectivity index (χ0v) is 10.7. The van der Waals surface area contributed by atoms with Gasteiger partial charge in [-0.25, -0.2) is 0 Å². The molecule has 3 heteroatoms. The fourth-order valence-electron chi connectivity index (χ4n) is 1.80. The topological polar surface area (TPSA) is 63.3 Å². The van der Waals surface area contributed by atoms with Crippen LogP contribution in [0.4, 0.5) is 0 Å². The lowest BCUT2D eigenvalue weighted by molar-refractivity contribution is -0.137. The van der Waals surface area contributed by atoms with Gasteiger partial charge in [0.1, 0.15) is 0 Å². The van der Waals surface area contributed by atoms with Crippen molar-refractivity contribution in [1.82, 2.24) is 0 Å². The van der Waals surface area contributed by atoms with Crippen LogP contribution in [0.5, 0.6) is 0 Å². The highest BCUT2D eigenvalue weighted by atomic mass is 16.4. The van der Waals surface area contributed by atoms with Crippen LogP contribution in [0.3, 0.4) is 0 Å². The summed E-state index contributed by atoms with van der Waals surface area (Å²) < 4.78 is 0. The summed E-state index contributed by atoms with van der Waals surface area (Å²) in [7, 11) is 0. The summed E-state index contributed by atoms with van der Waals surface area (Å²) in [5.74, 6) is -0.865. The van der Waals surface area contributed by atoms with Crippen molar-refractivity contribution in [3.05, 3.63) is 35.4 Å². The average molecular weight is 235 g/mol. The first-order valence-electron chi connectivity index (χ1n) is 5.84. The van der Waals surface area contributed by atoms with E-state index in [1.54, 1.807) is 0 Å². The fourth-order valence-corrected chi connectivity index (χ4v) is 1.80. The van der Waals surface area contributed by atoms with Crippen molar-refractivity contribution in [1.29, 1.82) is 0 Å². The summed E-state index contributed by atoms with van der Waals surface area (Å²) >= 11 is 0. The van der Waals surface area contributed by atoms with Crippen LogP contribution < -0.4 is 5.73 Å². The molecule has 0 aliphatic carbocycles. The molecule has 1 rings (SSSR count). The van der Waals surface area contributed by atoms with E-state index >= 15 is 0 Å². The van der Waals surface area contributed by atoms with Crippen LogP contribution in [-0.2, 0) is 11.2 Å². The van der Waals surface area contributed by atoms with E-state index < -0.39 is 12.0 Å². The van der Waals surface area contributed by atoms with Gasteiger partial charge in [-0.15, -0.1) is 0 Å². The highest BCUT2D eigenvalue weighted by molar-refractivity contribution is 5.67. The Morgan fingerprint density at radius 3 is 2.24 bits per heavy atom. The summed E-state index contributed by atoms with van der Waals surface area (Å²) in [6.07, 6.45) is 0.972. The largest absolute Gasteiger partial charge is 0.481 e. The molecule has 0 radical (unpaired) electrons. The van der Waals surface area contributed by atoms with Gasteiger partial charge in [0.15, 0.2) is 0 Å². The van der Waals surface area contributed by atoms with Gasteiger partial charge in [0, 0.05) is 6.04 Å². The molecule has 17 heavy (non-hydrogen) atoms. The molecule has 0 saturated heterocycles. The number of carboxylic acid groups (broad SMARTS) is 1. The molecule has 0 aliphatic heterocycles. The Labute approximate surface area is 103 Å². The normalized spacial score (nSPS) is 13.4. The summed E-state index contributed by atoms with van der Waals surface area (Å²) in [6, 6.07) is 7.49. The maximum atomic E-state index is 10.6. The maximum Gasteiger partial charge on any atom is 0.305 e. The molecule has 1 aromatic rings. The van der Waals surface area contributed by atoms with E-state index in [-0.39, 0.29) is 11.8 Å². The molecule has 0 spiro atoms. The minimum Gasteiger partial charge on any atom is -0.481 e. The summed E-state index contributed by atoms with van der Waals surface area (Å²) in [6.45, 7) is 6.57. The summed E-state index contributed by atoms with van der Waals surface area (Å²) in [4.78, 5) is 10.6. The van der Waals surface area contributed by atoms with Crippen LogP contribution in [0.25, 0.3) is 0 Å². The Hall–Kier alpha value is -1.35. The number of carbonyl (C=O) groups is 1. The van der Waals surface area contributed by atoms with Crippen molar-refractivity contribution in [2.45, 2.75) is 39.7 Å². The Bertz CT molecular complexity index is 376. The predicted molar refractivity (Wildman–Crippen MR) is 68.8 cm³/mol. The van der Waals surface area contributed by atoms with Gasteiger partial charge in [0.05, 0.1) is 6.42 Å². The molecule has 0 heterocycles. The number of hydrogen-bond donors (Lipinski definition) is 2. The first-order chi connectivity index (χ1) is 7.78. The molecular formula is C14H21NO2. The maximum absolute atomic E-state index is 10.6. The molecule has 0 bridgehead atoms. The van der Waals surface area contributed by atoms with Crippen LogP contribution in [0, 0.1) is 5.41 Å². The van der Waals surface area contributed by atoms with Crippen LogP contribution >= 0.6 is 0 Å². The predicted octanol–water partition coefficient (Wildman–Crippen LogP) is 2.75. The van der Waals surface area contributed by atoms with Crippen LogP contribution in [0.1, 0.15) is 44.4 Å². The fraction of sp³-hybridized carbons (Fsp3) is 0.500. The van der Waals surface area contributed by atoms with Crippen LogP contribution in [0.15, 0.2) is 24.3 Å². The smallest absolute Gasteiger partial charge is 0.305 e. The highest BCUT2D eigenvalue weighted by Crippen LogP contribution is 2.22. The molecule has 0 aliphatic rings. The van der Waals surface area contributed by atoms with Gasteiger partial charge >= 0.3 is 5.97 Å². The van der Waals surface area contributed by atoms with Gasteiger partial charge in [0.25, 0.3) is 0 Å². The monoisotopic (exact) mass is 235 g/mol. The van der Waals surface area contributed by atoms with Crippen molar-refractivity contribution in [3.63, 3.8) is 0 Å². The number of aliphatic carboxylic acids is 1. The van der Waals surface area contributed by atoms with E-state index in [1.807, 2.05) is 24.3 Å². The second-order valence-corrected chi connectivity index (χ2v) is 5.68. The Morgan fingerprint density at radius 1 is 1.29 bits per heavy atom. The number of rotatable bonds is 4. The standard InChI is InChI=1S/C14H21NO2/c1-14(2,3)9-10-4-6-11(7-5-10)12(15)8-13(16)17/h4-7,12H,8-9,15H2,1-3H3,(H,16,17). The minimum absolute atomic E-state index is 0.0291. The summed E-state index contributed by atoms with van der Waals surface area (Å²) in [5, 5.41) is 8.67.